The summed E-state index contributed by atoms with van der Waals surface area (Å²) >= 11 is 0. The van der Waals surface area contributed by atoms with E-state index in [9.17, 15) is 0 Å². The van der Waals surface area contributed by atoms with Crippen molar-refractivity contribution in [3.8, 4) is 22.5 Å². The van der Waals surface area contributed by atoms with Gasteiger partial charge in [-0.2, -0.15) is 0 Å². The van der Waals surface area contributed by atoms with Gasteiger partial charge in [0, 0.05) is 60.0 Å². The van der Waals surface area contributed by atoms with Gasteiger partial charge in [-0.15, -0.1) is 0 Å². The Morgan fingerprint density at radius 3 is 1.64 bits per heavy atom. The average Bonchev–Trinajstić information content (AvgIpc) is 3.95. The van der Waals surface area contributed by atoms with Crippen molar-refractivity contribution < 1.29 is 8.83 Å². The van der Waals surface area contributed by atoms with Crippen LogP contribution < -0.4 is 0 Å². The Kier molecular flexibility index (Phi) is 5.67. The molecule has 0 aliphatic heterocycles. The maximum Gasteiger partial charge on any atom is 0.143 e. The molecule has 4 heteroatoms. The molecule has 248 valence electrons. The Hall–Kier alpha value is -7.04. The summed E-state index contributed by atoms with van der Waals surface area (Å²) in [6.07, 6.45) is 0. The second-order valence-electron chi connectivity index (χ2n) is 14.2. The summed E-state index contributed by atoms with van der Waals surface area (Å²) in [5, 5.41) is 9.41. The summed E-state index contributed by atoms with van der Waals surface area (Å²) in [5.41, 5.74) is 14.0. The van der Waals surface area contributed by atoms with E-state index in [-0.39, 0.29) is 0 Å². The van der Waals surface area contributed by atoms with Crippen LogP contribution in [-0.2, 0) is 0 Å². The number of benzene rings is 8. The van der Waals surface area contributed by atoms with Gasteiger partial charge in [0.1, 0.15) is 22.3 Å². The van der Waals surface area contributed by atoms with Crippen LogP contribution in [0.1, 0.15) is 5.56 Å². The van der Waals surface area contributed by atoms with Gasteiger partial charge in [-0.1, -0.05) is 90.5 Å². The minimum absolute atomic E-state index is 0.882. The standard InChI is InChI=1S/C49H30N2O2/c1-29-17-21-44-38(25-29)39-26-30(18-22-45(39)51(44)31-19-23-47-40(27-31)36-11-4-7-16-46(36)52-47)33-12-8-13-37-41-28-32(20-24-48(41)53-49(33)37)50-42-14-5-2-9-34(42)35-10-3-6-15-43(35)50/h2-28H,1H3. The molecule has 0 saturated carbocycles. The van der Waals surface area contributed by atoms with Gasteiger partial charge in [0.05, 0.1) is 22.1 Å². The molecule has 0 atom stereocenters. The summed E-state index contributed by atoms with van der Waals surface area (Å²) in [7, 11) is 0. The molecule has 0 amide bonds. The van der Waals surface area contributed by atoms with Crippen LogP contribution in [0.3, 0.4) is 0 Å². The molecule has 0 aliphatic carbocycles. The normalized spacial score (nSPS) is 12.2. The molecule has 0 unspecified atom stereocenters. The Labute approximate surface area is 303 Å². The fourth-order valence-corrected chi connectivity index (χ4v) is 8.79. The predicted octanol–water partition coefficient (Wildman–Crippen LogP) is 13.7. The zero-order valence-electron chi connectivity index (χ0n) is 28.8. The minimum Gasteiger partial charge on any atom is -0.456 e. The average molecular weight is 679 g/mol. The van der Waals surface area contributed by atoms with E-state index in [1.807, 2.05) is 12.1 Å². The molecule has 4 aromatic heterocycles. The van der Waals surface area contributed by atoms with Crippen molar-refractivity contribution in [2.75, 3.05) is 0 Å². The van der Waals surface area contributed by atoms with Gasteiger partial charge in [-0.05, 0) is 91.3 Å². The van der Waals surface area contributed by atoms with E-state index in [0.29, 0.717) is 0 Å². The van der Waals surface area contributed by atoms with Crippen molar-refractivity contribution in [2.45, 2.75) is 6.92 Å². The highest BCUT2D eigenvalue weighted by Gasteiger charge is 2.19. The van der Waals surface area contributed by atoms with E-state index in [1.165, 1.54) is 43.7 Å². The van der Waals surface area contributed by atoms with E-state index >= 15 is 0 Å². The molecular formula is C49H30N2O2. The zero-order valence-corrected chi connectivity index (χ0v) is 28.8. The Bertz CT molecular complexity index is 3430. The molecular weight excluding hydrogens is 649 g/mol. The number of aryl methyl sites for hydroxylation is 1. The number of hydrogen-bond donors (Lipinski definition) is 0. The van der Waals surface area contributed by atoms with E-state index in [1.54, 1.807) is 0 Å². The smallest absolute Gasteiger partial charge is 0.143 e. The van der Waals surface area contributed by atoms with Crippen molar-refractivity contribution in [2.24, 2.45) is 0 Å². The Morgan fingerprint density at radius 2 is 0.906 bits per heavy atom. The molecule has 53 heavy (non-hydrogen) atoms. The second-order valence-corrected chi connectivity index (χ2v) is 14.2. The largest absolute Gasteiger partial charge is 0.456 e. The van der Waals surface area contributed by atoms with E-state index < -0.39 is 0 Å². The van der Waals surface area contributed by atoms with Gasteiger partial charge < -0.3 is 18.0 Å². The second kappa shape index (κ2) is 10.5. The maximum atomic E-state index is 6.72. The van der Waals surface area contributed by atoms with E-state index in [2.05, 4.69) is 168 Å². The number of aromatic nitrogens is 2. The number of para-hydroxylation sites is 4. The molecule has 0 spiro atoms. The lowest BCUT2D eigenvalue weighted by molar-refractivity contribution is 0.669. The van der Waals surface area contributed by atoms with Crippen molar-refractivity contribution in [3.05, 3.63) is 169 Å². The van der Waals surface area contributed by atoms with Crippen molar-refractivity contribution in [1.82, 2.24) is 9.13 Å². The van der Waals surface area contributed by atoms with Crippen LogP contribution in [0.15, 0.2) is 173 Å². The van der Waals surface area contributed by atoms with Crippen LogP contribution in [0.4, 0.5) is 0 Å². The number of hydrogen-bond acceptors (Lipinski definition) is 2. The van der Waals surface area contributed by atoms with E-state index in [0.717, 1.165) is 71.9 Å². The fraction of sp³-hybridized carbons (Fsp3) is 0.0204. The molecule has 8 aromatic carbocycles. The summed E-state index contributed by atoms with van der Waals surface area (Å²) in [4.78, 5) is 0. The van der Waals surface area contributed by atoms with Crippen molar-refractivity contribution >= 4 is 87.5 Å². The van der Waals surface area contributed by atoms with Crippen LogP contribution in [0.5, 0.6) is 0 Å². The first kappa shape index (κ1) is 28.6. The topological polar surface area (TPSA) is 36.1 Å². The highest BCUT2D eigenvalue weighted by Crippen LogP contribution is 2.41. The first-order valence-electron chi connectivity index (χ1n) is 18.1. The highest BCUT2D eigenvalue weighted by atomic mass is 16.3. The lowest BCUT2D eigenvalue weighted by Crippen LogP contribution is -1.93. The van der Waals surface area contributed by atoms with Crippen LogP contribution in [0.2, 0.25) is 0 Å². The third-order valence-electron chi connectivity index (χ3n) is 11.2. The SMILES string of the molecule is Cc1ccc2c(c1)c1cc(-c3cccc4c3oc3ccc(-n5c6ccccc6c6ccccc65)cc34)ccc1n2-c1ccc2oc3ccccc3c2c1. The molecule has 0 radical (unpaired) electrons. The fourth-order valence-electron chi connectivity index (χ4n) is 8.79. The van der Waals surface area contributed by atoms with Gasteiger partial charge in [0.2, 0.25) is 0 Å². The summed E-state index contributed by atoms with van der Waals surface area (Å²) < 4.78 is 17.6. The summed E-state index contributed by atoms with van der Waals surface area (Å²) in [6, 6.07) is 58.8. The van der Waals surface area contributed by atoms with Gasteiger partial charge >= 0.3 is 0 Å². The molecule has 0 bridgehead atoms. The van der Waals surface area contributed by atoms with Crippen LogP contribution >= 0.6 is 0 Å². The number of furan rings is 2. The molecule has 0 N–H and O–H groups in total. The first-order chi connectivity index (χ1) is 26.2. The molecule has 12 aromatic rings. The van der Waals surface area contributed by atoms with Gasteiger partial charge in [-0.3, -0.25) is 0 Å². The monoisotopic (exact) mass is 678 g/mol. The van der Waals surface area contributed by atoms with Gasteiger partial charge in [0.15, 0.2) is 0 Å². The van der Waals surface area contributed by atoms with Gasteiger partial charge in [-0.25, -0.2) is 0 Å². The first-order valence-corrected chi connectivity index (χ1v) is 18.1. The molecule has 0 aliphatic rings. The summed E-state index contributed by atoms with van der Waals surface area (Å²) in [6.45, 7) is 2.17. The zero-order chi connectivity index (χ0) is 34.8. The lowest BCUT2D eigenvalue weighted by Gasteiger charge is -2.09. The van der Waals surface area contributed by atoms with Gasteiger partial charge in [0.25, 0.3) is 0 Å². The molecule has 0 fully saturated rings. The third kappa shape index (κ3) is 4.00. The molecule has 4 nitrogen and oxygen atoms in total. The van der Waals surface area contributed by atoms with Crippen LogP contribution in [0.25, 0.3) is 110 Å². The Balaban J connectivity index is 1.05. The molecule has 12 rings (SSSR count). The van der Waals surface area contributed by atoms with Crippen LogP contribution in [0, 0.1) is 6.92 Å². The molecule has 4 heterocycles. The molecule has 0 saturated heterocycles. The predicted molar refractivity (Wildman–Crippen MR) is 220 cm³/mol. The lowest BCUT2D eigenvalue weighted by atomic mass is 10.00. The third-order valence-corrected chi connectivity index (χ3v) is 11.2. The highest BCUT2D eigenvalue weighted by molar-refractivity contribution is 6.15. The Morgan fingerprint density at radius 1 is 0.358 bits per heavy atom. The van der Waals surface area contributed by atoms with Crippen molar-refractivity contribution in [1.29, 1.82) is 0 Å². The minimum atomic E-state index is 0.882. The maximum absolute atomic E-state index is 6.72. The number of fused-ring (bicyclic) bond motifs is 12. The van der Waals surface area contributed by atoms with Crippen molar-refractivity contribution in [3.63, 3.8) is 0 Å². The number of rotatable bonds is 3. The number of nitrogens with zero attached hydrogens (tertiary/aromatic N) is 2. The van der Waals surface area contributed by atoms with E-state index in [4.69, 9.17) is 8.83 Å². The summed E-state index contributed by atoms with van der Waals surface area (Å²) in [5.74, 6) is 0. The van der Waals surface area contributed by atoms with Crippen LogP contribution in [-0.4, -0.2) is 9.13 Å². The quantitative estimate of drug-likeness (QED) is 0.186.